The summed E-state index contributed by atoms with van der Waals surface area (Å²) in [5, 5.41) is -0.208. The van der Waals surface area contributed by atoms with Crippen LogP contribution in [0.25, 0.3) is 0 Å². The summed E-state index contributed by atoms with van der Waals surface area (Å²) in [6.07, 6.45) is 0. The van der Waals surface area contributed by atoms with Crippen LogP contribution in [0.3, 0.4) is 0 Å². The second-order valence-electron chi connectivity index (χ2n) is 2.83. The SMILES string of the molecule is Fc1ccc(Br)c(Oc2nc(Cl)nc(Cl)n2)c1. The van der Waals surface area contributed by atoms with E-state index < -0.39 is 5.82 Å². The van der Waals surface area contributed by atoms with Crippen LogP contribution >= 0.6 is 39.1 Å². The van der Waals surface area contributed by atoms with Crippen molar-refractivity contribution in [2.45, 2.75) is 0 Å². The first-order valence-electron chi connectivity index (χ1n) is 4.24. The van der Waals surface area contributed by atoms with E-state index in [0.29, 0.717) is 4.47 Å². The van der Waals surface area contributed by atoms with E-state index in [1.165, 1.54) is 18.2 Å². The summed E-state index contributed by atoms with van der Waals surface area (Å²) in [5.74, 6) is -0.238. The Labute approximate surface area is 114 Å². The largest absolute Gasteiger partial charge is 0.423 e. The quantitative estimate of drug-likeness (QED) is 0.833. The molecule has 0 aliphatic rings. The third kappa shape index (κ3) is 3.24. The van der Waals surface area contributed by atoms with Gasteiger partial charge >= 0.3 is 6.01 Å². The minimum Gasteiger partial charge on any atom is -0.423 e. The number of nitrogens with zero attached hydrogens (tertiary/aromatic N) is 3. The first-order chi connectivity index (χ1) is 8.04. The molecule has 0 atom stereocenters. The van der Waals surface area contributed by atoms with Crippen LogP contribution in [0.15, 0.2) is 22.7 Å². The summed E-state index contributed by atoms with van der Waals surface area (Å²) in [6.45, 7) is 0. The Morgan fingerprint density at radius 3 is 2.41 bits per heavy atom. The Hall–Kier alpha value is -0.980. The molecule has 1 aromatic carbocycles. The van der Waals surface area contributed by atoms with E-state index in [4.69, 9.17) is 27.9 Å². The second-order valence-corrected chi connectivity index (χ2v) is 4.36. The van der Waals surface area contributed by atoms with Crippen molar-refractivity contribution >= 4 is 39.1 Å². The predicted octanol–water partition coefficient (Wildman–Crippen LogP) is 3.87. The maximum atomic E-state index is 13.0. The van der Waals surface area contributed by atoms with Gasteiger partial charge in [-0.3, -0.25) is 0 Å². The van der Waals surface area contributed by atoms with Crippen LogP contribution in [0.5, 0.6) is 11.8 Å². The molecule has 0 saturated heterocycles. The lowest BCUT2D eigenvalue weighted by Gasteiger charge is -2.05. The van der Waals surface area contributed by atoms with Gasteiger partial charge in [-0.15, -0.1) is 0 Å². The van der Waals surface area contributed by atoms with Crippen molar-refractivity contribution in [3.63, 3.8) is 0 Å². The average Bonchev–Trinajstić information content (AvgIpc) is 2.22. The molecule has 0 N–H and O–H groups in total. The van der Waals surface area contributed by atoms with Gasteiger partial charge in [0.05, 0.1) is 4.47 Å². The summed E-state index contributed by atoms with van der Waals surface area (Å²) >= 11 is 14.3. The Morgan fingerprint density at radius 1 is 1.12 bits per heavy atom. The minimum absolute atomic E-state index is 0.104. The van der Waals surface area contributed by atoms with E-state index in [0.717, 1.165) is 0 Å². The van der Waals surface area contributed by atoms with E-state index in [-0.39, 0.29) is 22.3 Å². The van der Waals surface area contributed by atoms with Crippen molar-refractivity contribution in [2.24, 2.45) is 0 Å². The normalized spacial score (nSPS) is 10.4. The fourth-order valence-corrected chi connectivity index (χ4v) is 1.68. The van der Waals surface area contributed by atoms with E-state index in [1.807, 2.05) is 0 Å². The molecule has 0 spiro atoms. The molecule has 0 fully saturated rings. The lowest BCUT2D eigenvalue weighted by molar-refractivity contribution is 0.433. The molecule has 0 radical (unpaired) electrons. The highest BCUT2D eigenvalue weighted by molar-refractivity contribution is 9.10. The lowest BCUT2D eigenvalue weighted by Crippen LogP contribution is -1.96. The van der Waals surface area contributed by atoms with Crippen LogP contribution in [0.4, 0.5) is 4.39 Å². The van der Waals surface area contributed by atoms with Gasteiger partial charge in [0.2, 0.25) is 10.6 Å². The Morgan fingerprint density at radius 2 is 1.76 bits per heavy atom. The van der Waals surface area contributed by atoms with E-state index in [2.05, 4.69) is 30.9 Å². The summed E-state index contributed by atoms with van der Waals surface area (Å²) in [5.41, 5.74) is 0. The van der Waals surface area contributed by atoms with Gasteiger partial charge in [-0.2, -0.15) is 15.0 Å². The van der Waals surface area contributed by atoms with E-state index >= 15 is 0 Å². The molecular formula is C9H3BrCl2FN3O. The maximum absolute atomic E-state index is 13.0. The number of benzene rings is 1. The molecular weight excluding hydrogens is 336 g/mol. The predicted molar refractivity (Wildman–Crippen MR) is 64.0 cm³/mol. The molecule has 4 nitrogen and oxygen atoms in total. The molecule has 0 aliphatic carbocycles. The van der Waals surface area contributed by atoms with Gasteiger partial charge < -0.3 is 4.74 Å². The summed E-state index contributed by atoms with van der Waals surface area (Å²) in [7, 11) is 0. The number of aromatic nitrogens is 3. The topological polar surface area (TPSA) is 47.9 Å². The van der Waals surface area contributed by atoms with Crippen molar-refractivity contribution in [3.8, 4) is 11.8 Å². The fourth-order valence-electron chi connectivity index (χ4n) is 1.01. The van der Waals surface area contributed by atoms with Gasteiger partial charge in [0, 0.05) is 6.07 Å². The van der Waals surface area contributed by atoms with E-state index in [9.17, 15) is 4.39 Å². The molecule has 2 aromatic rings. The van der Waals surface area contributed by atoms with Gasteiger partial charge in [-0.25, -0.2) is 4.39 Å². The lowest BCUT2D eigenvalue weighted by atomic mass is 10.3. The van der Waals surface area contributed by atoms with Crippen LogP contribution in [0, 0.1) is 5.82 Å². The monoisotopic (exact) mass is 337 g/mol. The van der Waals surface area contributed by atoms with Crippen molar-refractivity contribution < 1.29 is 9.13 Å². The third-order valence-electron chi connectivity index (χ3n) is 1.65. The minimum atomic E-state index is -0.450. The Balaban J connectivity index is 2.34. The molecule has 1 aromatic heterocycles. The van der Waals surface area contributed by atoms with Crippen LogP contribution in [0.1, 0.15) is 0 Å². The fraction of sp³-hybridized carbons (Fsp3) is 0. The zero-order chi connectivity index (χ0) is 12.4. The van der Waals surface area contributed by atoms with Gasteiger partial charge in [-0.05, 0) is 51.3 Å². The second kappa shape index (κ2) is 5.12. The maximum Gasteiger partial charge on any atom is 0.327 e. The molecule has 0 amide bonds. The summed E-state index contributed by atoms with van der Waals surface area (Å²) < 4.78 is 18.8. The molecule has 17 heavy (non-hydrogen) atoms. The van der Waals surface area contributed by atoms with Crippen molar-refractivity contribution in [2.75, 3.05) is 0 Å². The van der Waals surface area contributed by atoms with Gasteiger partial charge in [0.25, 0.3) is 0 Å². The molecule has 2 rings (SSSR count). The molecule has 8 heteroatoms. The smallest absolute Gasteiger partial charge is 0.327 e. The van der Waals surface area contributed by atoms with Crippen LogP contribution in [-0.4, -0.2) is 15.0 Å². The van der Waals surface area contributed by atoms with Crippen LogP contribution in [0.2, 0.25) is 10.6 Å². The molecule has 0 unspecified atom stereocenters. The van der Waals surface area contributed by atoms with E-state index in [1.54, 1.807) is 0 Å². The zero-order valence-corrected chi connectivity index (χ0v) is 11.1. The van der Waals surface area contributed by atoms with Crippen molar-refractivity contribution in [1.82, 2.24) is 15.0 Å². The molecule has 0 saturated carbocycles. The van der Waals surface area contributed by atoms with Gasteiger partial charge in [-0.1, -0.05) is 0 Å². The Kier molecular flexibility index (Phi) is 3.76. The Bertz CT molecular complexity index is 550. The van der Waals surface area contributed by atoms with Gasteiger partial charge in [0.15, 0.2) is 0 Å². The average molecular weight is 339 g/mol. The number of ether oxygens (including phenoxy) is 1. The van der Waals surface area contributed by atoms with Crippen molar-refractivity contribution in [1.29, 1.82) is 0 Å². The standard InChI is InChI=1S/C9H3BrCl2FN3O/c10-5-2-1-4(13)3-6(5)17-9-15-7(11)14-8(12)16-9/h1-3H. The first-order valence-corrected chi connectivity index (χ1v) is 5.79. The molecule has 0 aliphatic heterocycles. The molecule has 0 bridgehead atoms. The number of hydrogen-bond donors (Lipinski definition) is 0. The van der Waals surface area contributed by atoms with Crippen LogP contribution < -0.4 is 4.74 Å². The van der Waals surface area contributed by atoms with Gasteiger partial charge in [0.1, 0.15) is 11.6 Å². The summed E-state index contributed by atoms with van der Waals surface area (Å²) in [6, 6.07) is 3.84. The molecule has 88 valence electrons. The van der Waals surface area contributed by atoms with Crippen LogP contribution in [-0.2, 0) is 0 Å². The number of hydrogen-bond acceptors (Lipinski definition) is 4. The summed E-state index contributed by atoms with van der Waals surface area (Å²) in [4.78, 5) is 10.9. The third-order valence-corrected chi connectivity index (χ3v) is 2.65. The number of halogens is 4. The highest BCUT2D eigenvalue weighted by atomic mass is 79.9. The number of rotatable bonds is 2. The zero-order valence-electron chi connectivity index (χ0n) is 7.99. The highest BCUT2D eigenvalue weighted by Gasteiger charge is 2.09. The van der Waals surface area contributed by atoms with Crippen molar-refractivity contribution in [3.05, 3.63) is 39.1 Å². The highest BCUT2D eigenvalue weighted by Crippen LogP contribution is 2.29. The first kappa shape index (κ1) is 12.5. The molecule has 1 heterocycles.